The molecule has 6 nitrogen and oxygen atoms in total. The highest BCUT2D eigenvalue weighted by atomic mass is 32.2. The van der Waals surface area contributed by atoms with Crippen molar-refractivity contribution in [2.45, 2.75) is 24.9 Å². The number of hydrogen-bond donors (Lipinski definition) is 1. The van der Waals surface area contributed by atoms with Gasteiger partial charge in [-0.1, -0.05) is 42.1 Å². The van der Waals surface area contributed by atoms with Gasteiger partial charge in [-0.05, 0) is 43.5 Å². The van der Waals surface area contributed by atoms with Gasteiger partial charge in [-0.25, -0.2) is 0 Å². The minimum Gasteiger partial charge on any atom is -0.360 e. The van der Waals surface area contributed by atoms with E-state index in [2.05, 4.69) is 57.0 Å². The van der Waals surface area contributed by atoms with E-state index in [9.17, 15) is 4.79 Å². The second-order valence-corrected chi connectivity index (χ2v) is 8.55. The summed E-state index contributed by atoms with van der Waals surface area (Å²) >= 11 is 1.45. The summed E-state index contributed by atoms with van der Waals surface area (Å²) in [5, 5.41) is 10.8. The number of rotatable bonds is 5. The number of para-hydroxylation sites is 1. The quantitative estimate of drug-likeness (QED) is 0.488. The van der Waals surface area contributed by atoms with Gasteiger partial charge < -0.3 is 9.88 Å². The van der Waals surface area contributed by atoms with Gasteiger partial charge >= 0.3 is 0 Å². The van der Waals surface area contributed by atoms with Crippen molar-refractivity contribution < 1.29 is 4.79 Å². The maximum atomic E-state index is 12.6. The first-order valence-electron chi connectivity index (χ1n) is 10.2. The van der Waals surface area contributed by atoms with E-state index in [4.69, 9.17) is 0 Å². The van der Waals surface area contributed by atoms with Gasteiger partial charge in [0.15, 0.2) is 11.0 Å². The Bertz CT molecular complexity index is 1210. The highest BCUT2D eigenvalue weighted by Gasteiger charge is 2.22. The van der Waals surface area contributed by atoms with Crippen molar-refractivity contribution in [3.8, 4) is 17.1 Å². The predicted molar refractivity (Wildman–Crippen MR) is 120 cm³/mol. The zero-order chi connectivity index (χ0) is 20.5. The molecule has 30 heavy (non-hydrogen) atoms. The number of benzene rings is 2. The van der Waals surface area contributed by atoms with Crippen LogP contribution in [0.1, 0.15) is 18.4 Å². The average molecular weight is 418 g/mol. The summed E-state index contributed by atoms with van der Waals surface area (Å²) in [6, 6.07) is 16.5. The van der Waals surface area contributed by atoms with Gasteiger partial charge in [0.25, 0.3) is 0 Å². The van der Waals surface area contributed by atoms with E-state index in [0.717, 1.165) is 64.6 Å². The van der Waals surface area contributed by atoms with E-state index in [1.165, 1.54) is 11.8 Å². The molecule has 0 spiro atoms. The lowest BCUT2D eigenvalue weighted by Gasteiger charge is -2.15. The number of H-pyrrole nitrogens is 1. The van der Waals surface area contributed by atoms with E-state index >= 15 is 0 Å². The van der Waals surface area contributed by atoms with Gasteiger partial charge in [-0.3, -0.25) is 9.36 Å². The summed E-state index contributed by atoms with van der Waals surface area (Å²) in [6.45, 7) is 3.80. The highest BCUT2D eigenvalue weighted by Crippen LogP contribution is 2.32. The molecule has 0 atom stereocenters. The molecule has 1 fully saturated rings. The number of likely N-dealkylation sites (tertiary alicyclic amines) is 1. The molecule has 1 saturated heterocycles. The lowest BCUT2D eigenvalue weighted by atomic mass is 10.1. The lowest BCUT2D eigenvalue weighted by Crippen LogP contribution is -2.29. The zero-order valence-corrected chi connectivity index (χ0v) is 17.7. The molecule has 7 heteroatoms. The van der Waals surface area contributed by atoms with Gasteiger partial charge in [0.1, 0.15) is 0 Å². The molecule has 2 aromatic heterocycles. The molecule has 0 aliphatic carbocycles. The number of carbonyl (C=O) groups is 1. The Morgan fingerprint density at radius 2 is 1.93 bits per heavy atom. The van der Waals surface area contributed by atoms with Gasteiger partial charge in [-0.2, -0.15) is 0 Å². The monoisotopic (exact) mass is 417 g/mol. The first kappa shape index (κ1) is 18.9. The van der Waals surface area contributed by atoms with E-state index in [-0.39, 0.29) is 5.91 Å². The molecular formula is C23H23N5OS. The van der Waals surface area contributed by atoms with Crippen molar-refractivity contribution >= 4 is 28.6 Å². The van der Waals surface area contributed by atoms with Crippen LogP contribution in [0.5, 0.6) is 0 Å². The normalized spacial score (nSPS) is 14.0. The Hall–Kier alpha value is -3.06. The number of aryl methyl sites for hydroxylation is 1. The average Bonchev–Trinajstić information content (AvgIpc) is 3.51. The van der Waals surface area contributed by atoms with Gasteiger partial charge in [-0.15, -0.1) is 10.2 Å². The Morgan fingerprint density at radius 3 is 2.77 bits per heavy atom. The molecule has 5 rings (SSSR count). The van der Waals surface area contributed by atoms with Crippen LogP contribution in [0.25, 0.3) is 28.0 Å². The molecule has 4 aromatic rings. The summed E-state index contributed by atoms with van der Waals surface area (Å²) in [5.41, 5.74) is 4.22. The maximum absolute atomic E-state index is 12.6. The Labute approximate surface area is 179 Å². The van der Waals surface area contributed by atoms with Crippen molar-refractivity contribution in [3.63, 3.8) is 0 Å². The summed E-state index contributed by atoms with van der Waals surface area (Å²) in [7, 11) is 0. The third kappa shape index (κ3) is 3.50. The molecule has 1 aliphatic rings. The van der Waals surface area contributed by atoms with Crippen LogP contribution < -0.4 is 0 Å². The topological polar surface area (TPSA) is 66.8 Å². The number of nitrogens with zero attached hydrogens (tertiary/aromatic N) is 4. The largest absolute Gasteiger partial charge is 0.360 e. The Balaban J connectivity index is 1.55. The number of amides is 1. The van der Waals surface area contributed by atoms with Crippen LogP contribution in [-0.2, 0) is 4.79 Å². The van der Waals surface area contributed by atoms with Crippen LogP contribution >= 0.6 is 11.8 Å². The Kier molecular flexibility index (Phi) is 5.04. The third-order valence-electron chi connectivity index (χ3n) is 5.51. The second-order valence-electron chi connectivity index (χ2n) is 7.61. The Morgan fingerprint density at radius 1 is 1.10 bits per heavy atom. The molecule has 0 unspecified atom stereocenters. The minimum atomic E-state index is 0.171. The van der Waals surface area contributed by atoms with Crippen LogP contribution in [-0.4, -0.2) is 49.4 Å². The molecule has 1 N–H and O–H groups in total. The van der Waals surface area contributed by atoms with E-state index in [0.29, 0.717) is 5.75 Å². The molecular weight excluding hydrogens is 394 g/mol. The summed E-state index contributed by atoms with van der Waals surface area (Å²) in [6.07, 6.45) is 4.17. The van der Waals surface area contributed by atoms with Crippen molar-refractivity contribution in [2.75, 3.05) is 18.8 Å². The first-order chi connectivity index (χ1) is 14.7. The minimum absolute atomic E-state index is 0.171. The molecule has 0 saturated carbocycles. The summed E-state index contributed by atoms with van der Waals surface area (Å²) in [4.78, 5) is 17.8. The predicted octanol–water partition coefficient (Wildman–Crippen LogP) is 4.44. The van der Waals surface area contributed by atoms with Crippen molar-refractivity contribution in [1.29, 1.82) is 0 Å². The lowest BCUT2D eigenvalue weighted by molar-refractivity contribution is -0.127. The van der Waals surface area contributed by atoms with Crippen LogP contribution in [0.4, 0.5) is 0 Å². The standard InChI is InChI=1S/C23H23N5OS/c1-16-7-6-8-17(13-16)28-22(19-14-24-20-10-3-2-9-18(19)20)25-26-23(28)30-15-21(29)27-11-4-5-12-27/h2-3,6-10,13-14,24H,4-5,11-12,15H2,1H3. The first-order valence-corrected chi connectivity index (χ1v) is 11.2. The molecule has 152 valence electrons. The number of nitrogens with one attached hydrogen (secondary N) is 1. The SMILES string of the molecule is Cc1cccc(-n2c(SCC(=O)N3CCCC3)nnc2-c2c[nH]c3ccccc23)c1. The van der Waals surface area contributed by atoms with Gasteiger partial charge in [0.2, 0.25) is 5.91 Å². The molecule has 2 aromatic carbocycles. The number of aromatic amines is 1. The van der Waals surface area contributed by atoms with Crippen molar-refractivity contribution in [1.82, 2.24) is 24.6 Å². The third-order valence-corrected chi connectivity index (χ3v) is 6.42. The van der Waals surface area contributed by atoms with Crippen LogP contribution in [0.15, 0.2) is 59.9 Å². The molecule has 1 amide bonds. The van der Waals surface area contributed by atoms with Crippen molar-refractivity contribution in [3.05, 3.63) is 60.3 Å². The molecule has 0 bridgehead atoms. The number of thioether (sulfide) groups is 1. The van der Waals surface area contributed by atoms with E-state index < -0.39 is 0 Å². The fourth-order valence-corrected chi connectivity index (χ4v) is 4.83. The molecule has 0 radical (unpaired) electrons. The summed E-state index contributed by atoms with van der Waals surface area (Å²) in [5.74, 6) is 1.32. The van der Waals surface area contributed by atoms with E-state index in [1.807, 2.05) is 29.3 Å². The van der Waals surface area contributed by atoms with E-state index in [1.54, 1.807) is 0 Å². The summed E-state index contributed by atoms with van der Waals surface area (Å²) < 4.78 is 2.06. The number of hydrogen-bond acceptors (Lipinski definition) is 4. The van der Waals surface area contributed by atoms with Gasteiger partial charge in [0.05, 0.1) is 5.75 Å². The van der Waals surface area contributed by atoms with Crippen molar-refractivity contribution in [2.24, 2.45) is 0 Å². The fourth-order valence-electron chi connectivity index (χ4n) is 3.98. The number of aromatic nitrogens is 4. The second kappa shape index (κ2) is 7.99. The number of carbonyl (C=O) groups excluding carboxylic acids is 1. The molecule has 1 aliphatic heterocycles. The maximum Gasteiger partial charge on any atom is 0.233 e. The fraction of sp³-hybridized carbons (Fsp3) is 0.261. The van der Waals surface area contributed by atoms with Gasteiger partial charge in [0, 0.05) is 41.4 Å². The smallest absolute Gasteiger partial charge is 0.233 e. The van der Waals surface area contributed by atoms with Crippen LogP contribution in [0.2, 0.25) is 0 Å². The highest BCUT2D eigenvalue weighted by molar-refractivity contribution is 7.99. The van der Waals surface area contributed by atoms with Crippen LogP contribution in [0, 0.1) is 6.92 Å². The zero-order valence-electron chi connectivity index (χ0n) is 16.8. The van der Waals surface area contributed by atoms with Crippen LogP contribution in [0.3, 0.4) is 0 Å². The molecule has 3 heterocycles. The number of fused-ring (bicyclic) bond motifs is 1.